The van der Waals surface area contributed by atoms with Crippen molar-refractivity contribution in [3.8, 4) is 5.69 Å². The van der Waals surface area contributed by atoms with Gasteiger partial charge in [0, 0.05) is 35.9 Å². The molecule has 0 atom stereocenters. The third-order valence-corrected chi connectivity index (χ3v) is 5.24. The molecule has 0 unspecified atom stereocenters. The lowest BCUT2D eigenvalue weighted by Crippen LogP contribution is -2.16. The topological polar surface area (TPSA) is 106 Å². The van der Waals surface area contributed by atoms with Crippen LogP contribution >= 0.6 is 0 Å². The molecule has 9 nitrogen and oxygen atoms in total. The number of methoxy groups -OCH3 is 2. The van der Waals surface area contributed by atoms with Gasteiger partial charge in [0.2, 0.25) is 5.78 Å². The first-order valence-corrected chi connectivity index (χ1v) is 10.0. The molecule has 9 heteroatoms. The molecule has 2 heterocycles. The fraction of sp³-hybridized carbons (Fsp3) is 0.250. The van der Waals surface area contributed by atoms with Crippen molar-refractivity contribution in [3.05, 3.63) is 76.4 Å². The lowest BCUT2D eigenvalue weighted by molar-refractivity contribution is 0.0465. The van der Waals surface area contributed by atoms with Crippen LogP contribution in [-0.4, -0.2) is 53.7 Å². The molecule has 0 saturated carbocycles. The molecule has 0 bridgehead atoms. The monoisotopic (exact) mass is 452 g/mol. The summed E-state index contributed by atoms with van der Waals surface area (Å²) in [5.74, 6) is -2.21. The number of Topliss-reactive ketones (excluding diaryl/α,β-unsaturated/α-hetero) is 1. The van der Waals surface area contributed by atoms with E-state index < -0.39 is 24.5 Å². The number of ketones is 1. The van der Waals surface area contributed by atoms with Crippen LogP contribution in [0.25, 0.3) is 5.69 Å². The SMILES string of the molecule is COC(=O)c1cc(C(=O)OC)cc(-n2c(C)cc(C(=O)COC(=O)c3cccn3C)c2C)c1. The first-order chi connectivity index (χ1) is 15.7. The third-order valence-electron chi connectivity index (χ3n) is 5.24. The van der Waals surface area contributed by atoms with Gasteiger partial charge in [-0.25, -0.2) is 14.4 Å². The third kappa shape index (κ3) is 4.72. The van der Waals surface area contributed by atoms with E-state index in [1.807, 2.05) is 0 Å². The van der Waals surface area contributed by atoms with Crippen LogP contribution in [0, 0.1) is 13.8 Å². The van der Waals surface area contributed by atoms with Crippen molar-refractivity contribution in [2.45, 2.75) is 13.8 Å². The Morgan fingerprint density at radius 3 is 2.00 bits per heavy atom. The zero-order valence-electron chi connectivity index (χ0n) is 19.0. The number of aryl methyl sites for hydroxylation is 2. The second kappa shape index (κ2) is 9.56. The van der Waals surface area contributed by atoms with Gasteiger partial charge < -0.3 is 23.3 Å². The highest BCUT2D eigenvalue weighted by Gasteiger charge is 2.21. The summed E-state index contributed by atoms with van der Waals surface area (Å²) >= 11 is 0. The number of ether oxygens (including phenoxy) is 3. The average Bonchev–Trinajstić information content (AvgIpc) is 3.37. The summed E-state index contributed by atoms with van der Waals surface area (Å²) in [4.78, 5) is 49.3. The second-order valence-electron chi connectivity index (χ2n) is 7.38. The van der Waals surface area contributed by atoms with Crippen molar-refractivity contribution in [1.82, 2.24) is 9.13 Å². The van der Waals surface area contributed by atoms with Gasteiger partial charge in [0.05, 0.1) is 25.3 Å². The van der Waals surface area contributed by atoms with Crippen LogP contribution < -0.4 is 0 Å². The molecule has 1 aromatic carbocycles. The number of esters is 3. The zero-order valence-corrected chi connectivity index (χ0v) is 19.0. The first kappa shape index (κ1) is 23.5. The van der Waals surface area contributed by atoms with Crippen LogP contribution in [0.3, 0.4) is 0 Å². The Bertz CT molecular complexity index is 1220. The Morgan fingerprint density at radius 1 is 0.879 bits per heavy atom. The van der Waals surface area contributed by atoms with Crippen LogP contribution in [0.4, 0.5) is 0 Å². The van der Waals surface area contributed by atoms with Crippen molar-refractivity contribution in [2.24, 2.45) is 7.05 Å². The van der Waals surface area contributed by atoms with Crippen LogP contribution in [0.15, 0.2) is 42.6 Å². The smallest absolute Gasteiger partial charge is 0.355 e. The number of rotatable bonds is 7. The molecule has 0 radical (unpaired) electrons. The highest BCUT2D eigenvalue weighted by atomic mass is 16.5. The van der Waals surface area contributed by atoms with Crippen molar-refractivity contribution >= 4 is 23.7 Å². The fourth-order valence-electron chi connectivity index (χ4n) is 3.61. The van der Waals surface area contributed by atoms with E-state index in [1.165, 1.54) is 20.3 Å². The number of carbonyl (C=O) groups is 4. The quantitative estimate of drug-likeness (QED) is 0.308. The second-order valence-corrected chi connectivity index (χ2v) is 7.38. The Kier molecular flexibility index (Phi) is 6.81. The van der Waals surface area contributed by atoms with E-state index in [1.54, 1.807) is 66.6 Å². The molecule has 3 rings (SSSR count). The van der Waals surface area contributed by atoms with E-state index >= 15 is 0 Å². The number of nitrogens with zero attached hydrogens (tertiary/aromatic N) is 2. The molecule has 3 aromatic rings. The predicted molar refractivity (Wildman–Crippen MR) is 118 cm³/mol. The Balaban J connectivity index is 1.93. The molecule has 0 saturated heterocycles. The van der Waals surface area contributed by atoms with Crippen LogP contribution in [0.1, 0.15) is 53.0 Å². The van der Waals surface area contributed by atoms with Gasteiger partial charge in [0.1, 0.15) is 5.69 Å². The van der Waals surface area contributed by atoms with Crippen molar-refractivity contribution in [3.63, 3.8) is 0 Å². The van der Waals surface area contributed by atoms with E-state index in [0.717, 1.165) is 0 Å². The normalized spacial score (nSPS) is 10.6. The number of benzene rings is 1. The van der Waals surface area contributed by atoms with Gasteiger partial charge in [-0.3, -0.25) is 4.79 Å². The summed E-state index contributed by atoms with van der Waals surface area (Å²) in [6, 6.07) is 9.47. The summed E-state index contributed by atoms with van der Waals surface area (Å²) in [7, 11) is 4.19. The standard InChI is InChI=1S/C24H24N2O7/c1-14-9-19(21(27)13-33-24(30)20-7-6-8-25(20)3)15(2)26(14)18-11-16(22(28)31-4)10-17(12-18)23(29)32-5/h6-12H,13H2,1-5H3. The maximum absolute atomic E-state index is 12.8. The molecule has 0 N–H and O–H groups in total. The Labute approximate surface area is 190 Å². The molecular formula is C24H24N2O7. The molecule has 33 heavy (non-hydrogen) atoms. The van der Waals surface area contributed by atoms with Gasteiger partial charge in [-0.1, -0.05) is 0 Å². The minimum absolute atomic E-state index is 0.160. The minimum Gasteiger partial charge on any atom is -0.465 e. The highest BCUT2D eigenvalue weighted by Crippen LogP contribution is 2.24. The molecule has 0 fully saturated rings. The maximum atomic E-state index is 12.8. The molecule has 0 aliphatic carbocycles. The van der Waals surface area contributed by atoms with Crippen LogP contribution in [0.5, 0.6) is 0 Å². The van der Waals surface area contributed by atoms with E-state index in [2.05, 4.69) is 0 Å². The van der Waals surface area contributed by atoms with Gasteiger partial charge in [-0.15, -0.1) is 0 Å². The first-order valence-electron chi connectivity index (χ1n) is 10.0. The average molecular weight is 452 g/mol. The van der Waals surface area contributed by atoms with Gasteiger partial charge in [0.15, 0.2) is 6.61 Å². The highest BCUT2D eigenvalue weighted by molar-refractivity contribution is 6.00. The van der Waals surface area contributed by atoms with E-state index in [4.69, 9.17) is 14.2 Å². The van der Waals surface area contributed by atoms with Crippen molar-refractivity contribution in [2.75, 3.05) is 20.8 Å². The maximum Gasteiger partial charge on any atom is 0.355 e. The number of carbonyl (C=O) groups excluding carboxylic acids is 4. The summed E-state index contributed by atoms with van der Waals surface area (Å²) in [5.41, 5.74) is 2.74. The molecule has 0 amide bonds. The molecule has 2 aromatic heterocycles. The van der Waals surface area contributed by atoms with Gasteiger partial charge in [-0.2, -0.15) is 0 Å². The molecule has 0 aliphatic rings. The summed E-state index contributed by atoms with van der Waals surface area (Å²) in [5, 5.41) is 0. The number of hydrogen-bond donors (Lipinski definition) is 0. The predicted octanol–water partition coefficient (Wildman–Crippen LogP) is 3.05. The van der Waals surface area contributed by atoms with Crippen LogP contribution in [-0.2, 0) is 21.3 Å². The minimum atomic E-state index is -0.617. The van der Waals surface area contributed by atoms with E-state index in [9.17, 15) is 19.2 Å². The zero-order chi connectivity index (χ0) is 24.3. The van der Waals surface area contributed by atoms with E-state index in [0.29, 0.717) is 28.3 Å². The molecule has 172 valence electrons. The lowest BCUT2D eigenvalue weighted by Gasteiger charge is -2.13. The van der Waals surface area contributed by atoms with Gasteiger partial charge in [0.25, 0.3) is 0 Å². The van der Waals surface area contributed by atoms with Gasteiger partial charge >= 0.3 is 17.9 Å². The van der Waals surface area contributed by atoms with Crippen LogP contribution in [0.2, 0.25) is 0 Å². The summed E-state index contributed by atoms with van der Waals surface area (Å²) < 4.78 is 18.1. The summed E-state index contributed by atoms with van der Waals surface area (Å²) in [6.45, 7) is 3.08. The van der Waals surface area contributed by atoms with E-state index in [-0.39, 0.29) is 16.9 Å². The largest absolute Gasteiger partial charge is 0.465 e. The molecular weight excluding hydrogens is 428 g/mol. The van der Waals surface area contributed by atoms with Crippen molar-refractivity contribution in [1.29, 1.82) is 0 Å². The van der Waals surface area contributed by atoms with Gasteiger partial charge in [-0.05, 0) is 50.2 Å². The number of aromatic nitrogens is 2. The van der Waals surface area contributed by atoms with Crippen molar-refractivity contribution < 1.29 is 33.4 Å². The fourth-order valence-corrected chi connectivity index (χ4v) is 3.61. The number of hydrogen-bond acceptors (Lipinski definition) is 7. The molecule has 0 aliphatic heterocycles. The lowest BCUT2D eigenvalue weighted by atomic mass is 10.1. The summed E-state index contributed by atoms with van der Waals surface area (Å²) in [6.07, 6.45) is 1.71. The Hall–Kier alpha value is -4.14. The molecule has 0 spiro atoms. The Morgan fingerprint density at radius 2 is 1.48 bits per heavy atom.